The molecule has 2 amide bonds. The summed E-state index contributed by atoms with van der Waals surface area (Å²) in [5, 5.41) is 26.0. The number of carbonyl (C=O) groups is 3. The van der Waals surface area contributed by atoms with Crippen molar-refractivity contribution in [3.8, 4) is 0 Å². The number of hydrogen-bond donors (Lipinski definition) is 2. The second-order valence-electron chi connectivity index (χ2n) is 6.41. The smallest absolute Gasteiger partial charge is 0.352 e. The molecule has 0 saturated carbocycles. The van der Waals surface area contributed by atoms with Crippen LogP contribution < -0.4 is 5.32 Å². The molecule has 0 bridgehead atoms. The number of thioether (sulfide) groups is 1. The van der Waals surface area contributed by atoms with E-state index in [1.54, 1.807) is 13.8 Å². The lowest BCUT2D eigenvalue weighted by molar-refractivity contribution is -0.385. The highest BCUT2D eigenvalue weighted by molar-refractivity contribution is 8.00. The average molecular weight is 395 g/mol. The van der Waals surface area contributed by atoms with Gasteiger partial charge in [-0.05, 0) is 12.5 Å². The van der Waals surface area contributed by atoms with Crippen LogP contribution in [0.5, 0.6) is 0 Å². The second-order valence-corrected chi connectivity index (χ2v) is 7.51. The van der Waals surface area contributed by atoms with E-state index >= 15 is 0 Å². The number of rotatable bonds is 6. The molecular formula is C15H17N5O6S. The molecule has 3 heterocycles. The van der Waals surface area contributed by atoms with E-state index in [2.05, 4.69) is 10.4 Å². The SMILES string of the molecule is CC1=C(C(=O)O)N2C(=O)[C@@H](NC(=O)[C@@H](C)Cn3cc([N+](=O)[O-])cn3)[C@@H]2SC1. The highest BCUT2D eigenvalue weighted by Gasteiger charge is 2.53. The summed E-state index contributed by atoms with van der Waals surface area (Å²) in [7, 11) is 0. The average Bonchev–Trinajstić information content (AvgIpc) is 3.07. The molecule has 1 fully saturated rings. The molecule has 1 aromatic rings. The van der Waals surface area contributed by atoms with Crippen LogP contribution >= 0.6 is 11.8 Å². The molecule has 0 unspecified atom stereocenters. The lowest BCUT2D eigenvalue weighted by atomic mass is 10.0. The predicted molar refractivity (Wildman–Crippen MR) is 93.4 cm³/mol. The molecule has 12 heteroatoms. The summed E-state index contributed by atoms with van der Waals surface area (Å²) in [5.74, 6) is -2.15. The van der Waals surface area contributed by atoms with Gasteiger partial charge < -0.3 is 10.4 Å². The van der Waals surface area contributed by atoms with Crippen LogP contribution in [0.25, 0.3) is 0 Å². The Kier molecular flexibility index (Phi) is 4.91. The lowest BCUT2D eigenvalue weighted by Crippen LogP contribution is -2.70. The summed E-state index contributed by atoms with van der Waals surface area (Å²) in [5.41, 5.74) is 0.413. The van der Waals surface area contributed by atoms with E-state index in [0.717, 1.165) is 6.20 Å². The van der Waals surface area contributed by atoms with E-state index in [4.69, 9.17) is 0 Å². The monoisotopic (exact) mass is 395 g/mol. The Morgan fingerprint density at radius 1 is 1.56 bits per heavy atom. The van der Waals surface area contributed by atoms with E-state index in [9.17, 15) is 29.6 Å². The van der Waals surface area contributed by atoms with Crippen LogP contribution in [-0.4, -0.2) is 59.7 Å². The molecule has 0 spiro atoms. The molecule has 1 aromatic heterocycles. The maximum absolute atomic E-state index is 12.4. The minimum Gasteiger partial charge on any atom is -0.477 e. The number of fused-ring (bicyclic) bond motifs is 1. The van der Waals surface area contributed by atoms with Gasteiger partial charge >= 0.3 is 11.7 Å². The third-order valence-corrected chi connectivity index (χ3v) is 5.82. The Bertz CT molecular complexity index is 865. The number of carboxylic acids is 1. The third-order valence-electron chi connectivity index (χ3n) is 4.40. The molecule has 144 valence electrons. The summed E-state index contributed by atoms with van der Waals surface area (Å²) in [6.45, 7) is 3.39. The van der Waals surface area contributed by atoms with Crippen molar-refractivity contribution < 1.29 is 24.4 Å². The molecular weight excluding hydrogens is 378 g/mol. The molecule has 11 nitrogen and oxygen atoms in total. The third kappa shape index (κ3) is 3.39. The van der Waals surface area contributed by atoms with E-state index in [1.807, 2.05) is 0 Å². The molecule has 3 rings (SSSR count). The van der Waals surface area contributed by atoms with Gasteiger partial charge in [0.05, 0.1) is 17.4 Å². The summed E-state index contributed by atoms with van der Waals surface area (Å²) in [6, 6.07) is -0.792. The maximum Gasteiger partial charge on any atom is 0.352 e. The first-order valence-electron chi connectivity index (χ1n) is 8.05. The molecule has 3 atom stereocenters. The van der Waals surface area contributed by atoms with Gasteiger partial charge in [-0.15, -0.1) is 11.8 Å². The fraction of sp³-hybridized carbons (Fsp3) is 0.467. The van der Waals surface area contributed by atoms with Crippen molar-refractivity contribution in [2.24, 2.45) is 5.92 Å². The first-order valence-corrected chi connectivity index (χ1v) is 9.10. The summed E-state index contributed by atoms with van der Waals surface area (Å²) in [6.07, 6.45) is 2.32. The summed E-state index contributed by atoms with van der Waals surface area (Å²) in [4.78, 5) is 47.4. The van der Waals surface area contributed by atoms with E-state index in [0.29, 0.717) is 11.3 Å². The van der Waals surface area contributed by atoms with Crippen molar-refractivity contribution in [3.63, 3.8) is 0 Å². The zero-order valence-corrected chi connectivity index (χ0v) is 15.3. The fourth-order valence-corrected chi connectivity index (χ4v) is 4.27. The predicted octanol–water partition coefficient (Wildman–Crippen LogP) is 0.186. The Balaban J connectivity index is 1.62. The van der Waals surface area contributed by atoms with Crippen LogP contribution in [0.2, 0.25) is 0 Å². The molecule has 0 aromatic carbocycles. The zero-order chi connectivity index (χ0) is 19.9. The molecule has 2 N–H and O–H groups in total. The molecule has 2 aliphatic heterocycles. The largest absolute Gasteiger partial charge is 0.477 e. The van der Waals surface area contributed by atoms with Crippen molar-refractivity contribution >= 4 is 35.2 Å². The van der Waals surface area contributed by atoms with E-state index < -0.39 is 40.0 Å². The second kappa shape index (κ2) is 7.02. The van der Waals surface area contributed by atoms with Gasteiger partial charge in [-0.3, -0.25) is 29.3 Å². The summed E-state index contributed by atoms with van der Waals surface area (Å²) < 4.78 is 1.29. The molecule has 0 radical (unpaired) electrons. The first-order chi connectivity index (χ1) is 12.7. The molecule has 0 aliphatic carbocycles. The van der Waals surface area contributed by atoms with Crippen LogP contribution in [0, 0.1) is 16.0 Å². The van der Waals surface area contributed by atoms with Crippen LogP contribution in [0.15, 0.2) is 23.7 Å². The van der Waals surface area contributed by atoms with Crippen LogP contribution in [0.3, 0.4) is 0 Å². The van der Waals surface area contributed by atoms with Gasteiger partial charge in [0.1, 0.15) is 29.5 Å². The van der Waals surface area contributed by atoms with E-state index in [-0.39, 0.29) is 17.9 Å². The molecule has 2 aliphatic rings. The van der Waals surface area contributed by atoms with Gasteiger partial charge in [0.15, 0.2) is 0 Å². The number of aliphatic carboxylic acids is 1. The molecule has 27 heavy (non-hydrogen) atoms. The van der Waals surface area contributed by atoms with Gasteiger partial charge in [0.25, 0.3) is 5.91 Å². The van der Waals surface area contributed by atoms with Crippen molar-refractivity contribution in [1.82, 2.24) is 20.0 Å². The van der Waals surface area contributed by atoms with Crippen molar-refractivity contribution in [3.05, 3.63) is 33.8 Å². The Hall–Kier alpha value is -2.89. The lowest BCUT2D eigenvalue weighted by Gasteiger charge is -2.49. The molecule has 1 saturated heterocycles. The number of hydrogen-bond acceptors (Lipinski definition) is 7. The highest BCUT2D eigenvalue weighted by atomic mass is 32.2. The number of carbonyl (C=O) groups excluding carboxylic acids is 2. The minimum atomic E-state index is -1.16. The van der Waals surface area contributed by atoms with Crippen molar-refractivity contribution in [2.75, 3.05) is 5.75 Å². The number of nitrogens with zero attached hydrogens (tertiary/aromatic N) is 4. The summed E-state index contributed by atoms with van der Waals surface area (Å²) >= 11 is 1.39. The normalized spacial score (nSPS) is 22.7. The minimum absolute atomic E-state index is 0.0221. The standard InChI is InChI=1S/C15H17N5O6S/c1-7(4-18-5-9(3-16-18)20(25)26)12(21)17-10-13(22)19-11(15(23)24)8(2)6-27-14(10)19/h3,5,7,10,14H,4,6H2,1-2H3,(H,17,21)(H,23,24)/t7-,10+,14-/m0/s1. The van der Waals surface area contributed by atoms with Gasteiger partial charge in [0, 0.05) is 5.75 Å². The van der Waals surface area contributed by atoms with Gasteiger partial charge in [0.2, 0.25) is 5.91 Å². The zero-order valence-electron chi connectivity index (χ0n) is 14.5. The highest BCUT2D eigenvalue weighted by Crippen LogP contribution is 2.40. The van der Waals surface area contributed by atoms with Crippen LogP contribution in [0.1, 0.15) is 13.8 Å². The number of β-lactam (4-membered cyclic amide) rings is 1. The van der Waals surface area contributed by atoms with E-state index in [1.165, 1.54) is 27.5 Å². The Labute approximate surface area is 157 Å². The van der Waals surface area contributed by atoms with Crippen molar-refractivity contribution in [1.29, 1.82) is 0 Å². The van der Waals surface area contributed by atoms with Gasteiger partial charge in [-0.1, -0.05) is 6.92 Å². The quantitative estimate of drug-likeness (QED) is 0.394. The number of amides is 2. The Morgan fingerprint density at radius 3 is 2.85 bits per heavy atom. The number of carboxylic acid groups (broad SMARTS) is 1. The number of nitrogens with one attached hydrogen (secondary N) is 1. The first kappa shape index (κ1) is 18.9. The topological polar surface area (TPSA) is 148 Å². The fourth-order valence-electron chi connectivity index (χ4n) is 2.98. The number of aromatic nitrogens is 2. The van der Waals surface area contributed by atoms with Crippen molar-refractivity contribution in [2.45, 2.75) is 31.8 Å². The Morgan fingerprint density at radius 2 is 2.26 bits per heavy atom. The maximum atomic E-state index is 12.4. The van der Waals surface area contributed by atoms with Gasteiger partial charge in [-0.2, -0.15) is 5.10 Å². The van der Waals surface area contributed by atoms with Gasteiger partial charge in [-0.25, -0.2) is 4.79 Å². The number of nitro groups is 1. The van der Waals surface area contributed by atoms with Crippen LogP contribution in [0.4, 0.5) is 5.69 Å². The van der Waals surface area contributed by atoms with Crippen LogP contribution in [-0.2, 0) is 20.9 Å².